The lowest BCUT2D eigenvalue weighted by Gasteiger charge is -2.13. The van der Waals surface area contributed by atoms with E-state index in [1.54, 1.807) is 31.2 Å². The molecule has 0 saturated heterocycles. The van der Waals surface area contributed by atoms with Crippen molar-refractivity contribution in [2.24, 2.45) is 0 Å². The number of hydrogen-bond donors (Lipinski definition) is 3. The zero-order valence-corrected chi connectivity index (χ0v) is 15.0. The van der Waals surface area contributed by atoms with Crippen molar-refractivity contribution in [1.82, 2.24) is 16.0 Å². The van der Waals surface area contributed by atoms with Gasteiger partial charge in [0.25, 0.3) is 11.8 Å². The predicted molar refractivity (Wildman–Crippen MR) is 92.7 cm³/mol. The van der Waals surface area contributed by atoms with Gasteiger partial charge in [0, 0.05) is 12.1 Å². The van der Waals surface area contributed by atoms with Crippen LogP contribution in [0.25, 0.3) is 0 Å². The molecule has 0 saturated carbocycles. The summed E-state index contributed by atoms with van der Waals surface area (Å²) in [6, 6.07) is 5.74. The molecule has 0 bridgehead atoms. The number of nitrogens with one attached hydrogen (secondary N) is 3. The molecule has 0 spiro atoms. The SMILES string of the molecule is CCNC(=O)NC(=O)C(C)OC(=O)CNC(=O)c1ccc(OCC)cc1. The fraction of sp³-hybridized carbons (Fsp3) is 0.412. The minimum absolute atomic E-state index is 0.350. The van der Waals surface area contributed by atoms with Crippen molar-refractivity contribution in [3.05, 3.63) is 29.8 Å². The molecule has 142 valence electrons. The summed E-state index contributed by atoms with van der Waals surface area (Å²) in [5.41, 5.74) is 0.350. The molecule has 1 aromatic rings. The Kier molecular flexibility index (Phi) is 8.62. The van der Waals surface area contributed by atoms with E-state index in [2.05, 4.69) is 10.6 Å². The summed E-state index contributed by atoms with van der Waals surface area (Å²) in [6.45, 7) is 5.32. The number of hydrogen-bond acceptors (Lipinski definition) is 6. The Morgan fingerprint density at radius 2 is 1.69 bits per heavy atom. The van der Waals surface area contributed by atoms with Crippen LogP contribution in [0.1, 0.15) is 31.1 Å². The van der Waals surface area contributed by atoms with Crippen molar-refractivity contribution in [2.75, 3.05) is 19.7 Å². The molecule has 0 heterocycles. The van der Waals surface area contributed by atoms with Crippen LogP contribution in [0.2, 0.25) is 0 Å². The minimum atomic E-state index is -1.17. The highest BCUT2D eigenvalue weighted by Crippen LogP contribution is 2.11. The van der Waals surface area contributed by atoms with Crippen LogP contribution in [0, 0.1) is 0 Å². The van der Waals surface area contributed by atoms with Crippen molar-refractivity contribution in [3.63, 3.8) is 0 Å². The quantitative estimate of drug-likeness (QED) is 0.580. The van der Waals surface area contributed by atoms with Gasteiger partial charge in [0.2, 0.25) is 0 Å². The van der Waals surface area contributed by atoms with E-state index < -0.39 is 36.5 Å². The summed E-state index contributed by atoms with van der Waals surface area (Å²) >= 11 is 0. The molecule has 0 aliphatic rings. The van der Waals surface area contributed by atoms with E-state index in [0.717, 1.165) is 0 Å². The third-order valence-corrected chi connectivity index (χ3v) is 3.07. The molecule has 9 heteroatoms. The van der Waals surface area contributed by atoms with Crippen molar-refractivity contribution < 1.29 is 28.7 Å². The second-order valence-electron chi connectivity index (χ2n) is 5.12. The number of amides is 4. The standard InChI is InChI=1S/C17H23N3O6/c1-4-18-17(24)20-15(22)11(3)26-14(21)10-19-16(23)12-6-8-13(9-7-12)25-5-2/h6-9,11H,4-5,10H2,1-3H3,(H,19,23)(H2,18,20,22,24). The first-order chi connectivity index (χ1) is 12.4. The van der Waals surface area contributed by atoms with Crippen molar-refractivity contribution in [3.8, 4) is 5.75 Å². The van der Waals surface area contributed by atoms with Crippen LogP contribution < -0.4 is 20.7 Å². The molecule has 1 unspecified atom stereocenters. The molecule has 0 aliphatic carbocycles. The summed E-state index contributed by atoms with van der Waals surface area (Å²) in [5, 5.41) is 6.79. The molecule has 3 N–H and O–H groups in total. The van der Waals surface area contributed by atoms with Crippen LogP contribution in [0.5, 0.6) is 5.75 Å². The molecule has 1 aromatic carbocycles. The van der Waals surface area contributed by atoms with Crippen LogP contribution in [0.4, 0.5) is 4.79 Å². The van der Waals surface area contributed by atoms with Crippen LogP contribution in [0.3, 0.4) is 0 Å². The summed E-state index contributed by atoms with van der Waals surface area (Å²) in [7, 11) is 0. The van der Waals surface area contributed by atoms with Crippen molar-refractivity contribution >= 4 is 23.8 Å². The first kappa shape index (κ1) is 20.9. The Bertz CT molecular complexity index is 644. The van der Waals surface area contributed by atoms with Gasteiger partial charge < -0.3 is 20.1 Å². The van der Waals surface area contributed by atoms with Gasteiger partial charge >= 0.3 is 12.0 Å². The van der Waals surface area contributed by atoms with Crippen molar-refractivity contribution in [2.45, 2.75) is 26.9 Å². The molecule has 26 heavy (non-hydrogen) atoms. The van der Waals surface area contributed by atoms with Crippen LogP contribution in [0.15, 0.2) is 24.3 Å². The molecule has 0 radical (unpaired) electrons. The molecule has 0 fully saturated rings. The number of imide groups is 1. The first-order valence-electron chi connectivity index (χ1n) is 8.16. The maximum Gasteiger partial charge on any atom is 0.326 e. The molecule has 1 rings (SSSR count). The van der Waals surface area contributed by atoms with E-state index in [1.165, 1.54) is 6.92 Å². The zero-order chi connectivity index (χ0) is 19.5. The van der Waals surface area contributed by atoms with Gasteiger partial charge in [0.15, 0.2) is 6.10 Å². The largest absolute Gasteiger partial charge is 0.494 e. The predicted octanol–water partition coefficient (Wildman–Crippen LogP) is 0.593. The lowest BCUT2D eigenvalue weighted by Crippen LogP contribution is -2.45. The van der Waals surface area contributed by atoms with E-state index >= 15 is 0 Å². The summed E-state index contributed by atoms with van der Waals surface area (Å²) in [4.78, 5) is 46.6. The molecule has 4 amide bonds. The summed E-state index contributed by atoms with van der Waals surface area (Å²) < 4.78 is 10.1. The Hall–Kier alpha value is -3.10. The summed E-state index contributed by atoms with van der Waals surface area (Å²) in [6.07, 6.45) is -1.17. The van der Waals surface area contributed by atoms with Gasteiger partial charge in [-0.3, -0.25) is 19.7 Å². The van der Waals surface area contributed by atoms with Gasteiger partial charge in [0.1, 0.15) is 12.3 Å². The zero-order valence-electron chi connectivity index (χ0n) is 15.0. The Balaban J connectivity index is 2.41. The Morgan fingerprint density at radius 3 is 2.27 bits per heavy atom. The second-order valence-corrected chi connectivity index (χ2v) is 5.12. The van der Waals surface area contributed by atoms with Crippen LogP contribution in [-0.2, 0) is 14.3 Å². The number of urea groups is 1. The highest BCUT2D eigenvalue weighted by atomic mass is 16.5. The smallest absolute Gasteiger partial charge is 0.326 e. The van der Waals surface area contributed by atoms with E-state index in [-0.39, 0.29) is 0 Å². The van der Waals surface area contributed by atoms with Crippen LogP contribution in [-0.4, -0.2) is 49.6 Å². The lowest BCUT2D eigenvalue weighted by atomic mass is 10.2. The van der Waals surface area contributed by atoms with Gasteiger partial charge in [-0.1, -0.05) is 0 Å². The average molecular weight is 365 g/mol. The van der Waals surface area contributed by atoms with Gasteiger partial charge in [0.05, 0.1) is 6.61 Å². The normalized spacial score (nSPS) is 11.0. The fourth-order valence-corrected chi connectivity index (χ4v) is 1.83. The number of rotatable bonds is 8. The van der Waals surface area contributed by atoms with Gasteiger partial charge in [-0.2, -0.15) is 0 Å². The number of carbonyl (C=O) groups excluding carboxylic acids is 4. The maximum absolute atomic E-state index is 12.0. The fourth-order valence-electron chi connectivity index (χ4n) is 1.83. The highest BCUT2D eigenvalue weighted by Gasteiger charge is 2.20. The highest BCUT2D eigenvalue weighted by molar-refractivity contribution is 5.98. The molecular formula is C17H23N3O6. The Morgan fingerprint density at radius 1 is 1.04 bits per heavy atom. The number of carbonyl (C=O) groups is 4. The molecule has 9 nitrogen and oxygen atoms in total. The minimum Gasteiger partial charge on any atom is -0.494 e. The number of ether oxygens (including phenoxy) is 2. The first-order valence-corrected chi connectivity index (χ1v) is 8.16. The lowest BCUT2D eigenvalue weighted by molar-refractivity contribution is -0.153. The van der Waals surface area contributed by atoms with E-state index in [0.29, 0.717) is 24.5 Å². The van der Waals surface area contributed by atoms with Gasteiger partial charge in [-0.15, -0.1) is 0 Å². The van der Waals surface area contributed by atoms with Gasteiger partial charge in [-0.25, -0.2) is 4.79 Å². The maximum atomic E-state index is 12.0. The Labute approximate surface area is 151 Å². The topological polar surface area (TPSA) is 123 Å². The average Bonchev–Trinajstić information content (AvgIpc) is 2.60. The molecule has 1 atom stereocenters. The van der Waals surface area contributed by atoms with Crippen molar-refractivity contribution in [1.29, 1.82) is 0 Å². The third kappa shape index (κ3) is 7.20. The number of benzene rings is 1. The monoisotopic (exact) mass is 365 g/mol. The number of esters is 1. The van der Waals surface area contributed by atoms with Crippen LogP contribution >= 0.6 is 0 Å². The third-order valence-electron chi connectivity index (χ3n) is 3.07. The van der Waals surface area contributed by atoms with E-state index in [9.17, 15) is 19.2 Å². The molecule has 0 aliphatic heterocycles. The summed E-state index contributed by atoms with van der Waals surface area (Å²) in [5.74, 6) is -1.40. The van der Waals surface area contributed by atoms with Gasteiger partial charge in [-0.05, 0) is 45.0 Å². The molecular weight excluding hydrogens is 342 g/mol. The van der Waals surface area contributed by atoms with E-state index in [4.69, 9.17) is 9.47 Å². The second kappa shape index (κ2) is 10.7. The van der Waals surface area contributed by atoms with E-state index in [1.807, 2.05) is 12.2 Å². The molecule has 0 aromatic heterocycles.